The Labute approximate surface area is 91.3 Å². The summed E-state index contributed by atoms with van der Waals surface area (Å²) in [5.41, 5.74) is 8.62. The van der Waals surface area contributed by atoms with Crippen LogP contribution in [0.4, 0.5) is 0 Å². The third kappa shape index (κ3) is 1.64. The zero-order chi connectivity index (χ0) is 10.9. The van der Waals surface area contributed by atoms with Crippen molar-refractivity contribution in [2.45, 2.75) is 19.4 Å². The molecule has 1 aromatic carbocycles. The van der Waals surface area contributed by atoms with Crippen LogP contribution < -0.4 is 5.73 Å². The average molecular weight is 199 g/mol. The summed E-state index contributed by atoms with van der Waals surface area (Å²) in [4.78, 5) is 0. The molecule has 0 spiro atoms. The third-order valence-electron chi connectivity index (χ3n) is 3.25. The quantitative estimate of drug-likeness (QED) is 0.739. The summed E-state index contributed by atoms with van der Waals surface area (Å²) in [6, 6.07) is 8.34. The van der Waals surface area contributed by atoms with Gasteiger partial charge in [0.2, 0.25) is 0 Å². The van der Waals surface area contributed by atoms with Crippen molar-refractivity contribution in [2.24, 2.45) is 11.7 Å². The largest absolute Gasteiger partial charge is 0.318 e. The Morgan fingerprint density at radius 3 is 2.60 bits per heavy atom. The third-order valence-corrected chi connectivity index (χ3v) is 3.25. The van der Waals surface area contributed by atoms with Gasteiger partial charge in [-0.3, -0.25) is 0 Å². The highest BCUT2D eigenvalue weighted by Gasteiger charge is 2.31. The van der Waals surface area contributed by atoms with Gasteiger partial charge in [0, 0.05) is 5.92 Å². The van der Waals surface area contributed by atoms with Crippen molar-refractivity contribution in [3.63, 3.8) is 0 Å². The molecule has 78 valence electrons. The van der Waals surface area contributed by atoms with Gasteiger partial charge in [0.05, 0.1) is 5.54 Å². The van der Waals surface area contributed by atoms with Crippen LogP contribution in [-0.2, 0) is 5.54 Å². The smallest absolute Gasteiger partial charge is 0.0661 e. The zero-order valence-electron chi connectivity index (χ0n) is 9.27. The number of aryl methyl sites for hydroxylation is 1. The van der Waals surface area contributed by atoms with E-state index in [0.29, 0.717) is 5.92 Å². The molecule has 2 unspecified atom stereocenters. The van der Waals surface area contributed by atoms with Crippen molar-refractivity contribution >= 4 is 0 Å². The van der Waals surface area contributed by atoms with E-state index in [1.165, 1.54) is 11.1 Å². The maximum atomic E-state index is 6.49. The summed E-state index contributed by atoms with van der Waals surface area (Å²) in [5, 5.41) is 0. The average Bonchev–Trinajstić information content (AvgIpc) is 2.23. The van der Waals surface area contributed by atoms with Crippen LogP contribution in [0.3, 0.4) is 0 Å². The van der Waals surface area contributed by atoms with E-state index in [2.05, 4.69) is 56.3 Å². The first-order valence-electron chi connectivity index (χ1n) is 5.35. The first kappa shape index (κ1) is 10.2. The lowest BCUT2D eigenvalue weighted by atomic mass is 9.76. The minimum atomic E-state index is -0.347. The Hall–Kier alpha value is -1.34. The van der Waals surface area contributed by atoms with Crippen molar-refractivity contribution < 1.29 is 0 Å². The molecule has 0 bridgehead atoms. The zero-order valence-corrected chi connectivity index (χ0v) is 9.27. The van der Waals surface area contributed by atoms with Gasteiger partial charge in [0.25, 0.3) is 0 Å². The molecule has 0 heterocycles. The normalized spacial score (nSPS) is 29.4. The molecule has 0 amide bonds. The van der Waals surface area contributed by atoms with E-state index in [9.17, 15) is 0 Å². The minimum absolute atomic E-state index is 0.337. The summed E-state index contributed by atoms with van der Waals surface area (Å²) < 4.78 is 0. The molecule has 0 radical (unpaired) electrons. The first-order valence-corrected chi connectivity index (χ1v) is 5.35. The van der Waals surface area contributed by atoms with E-state index in [-0.39, 0.29) is 5.54 Å². The second-order valence-corrected chi connectivity index (χ2v) is 4.28. The molecular weight excluding hydrogens is 182 g/mol. The highest BCUT2D eigenvalue weighted by atomic mass is 14.8. The summed E-state index contributed by atoms with van der Waals surface area (Å²) in [5.74, 6) is 0.337. The Kier molecular flexibility index (Phi) is 2.49. The van der Waals surface area contributed by atoms with Gasteiger partial charge in [-0.15, -0.1) is 0 Å². The van der Waals surface area contributed by atoms with Gasteiger partial charge in [-0.05, 0) is 18.1 Å². The lowest BCUT2D eigenvalue weighted by molar-refractivity contribution is 0.431. The van der Waals surface area contributed by atoms with E-state index >= 15 is 0 Å². The maximum absolute atomic E-state index is 6.49. The molecule has 2 N–H and O–H groups in total. The van der Waals surface area contributed by atoms with Crippen LogP contribution in [0, 0.1) is 12.8 Å². The Morgan fingerprint density at radius 1 is 1.20 bits per heavy atom. The van der Waals surface area contributed by atoms with Crippen LogP contribution >= 0.6 is 0 Å². The molecule has 0 saturated carbocycles. The summed E-state index contributed by atoms with van der Waals surface area (Å²) in [6.45, 7) is 4.27. The molecule has 15 heavy (non-hydrogen) atoms. The molecule has 0 fully saturated rings. The fourth-order valence-corrected chi connectivity index (χ4v) is 2.15. The van der Waals surface area contributed by atoms with Gasteiger partial charge >= 0.3 is 0 Å². The van der Waals surface area contributed by atoms with Crippen LogP contribution in [0.2, 0.25) is 0 Å². The van der Waals surface area contributed by atoms with E-state index in [0.717, 1.165) is 0 Å². The number of hydrogen-bond donors (Lipinski definition) is 1. The number of hydrogen-bond acceptors (Lipinski definition) is 1. The Bertz CT molecular complexity index is 417. The molecule has 0 aromatic heterocycles. The SMILES string of the molecule is Cc1ccccc1C1(N)C=CC=CC1C. The highest BCUT2D eigenvalue weighted by Crippen LogP contribution is 2.33. The van der Waals surface area contributed by atoms with E-state index in [4.69, 9.17) is 5.73 Å². The number of rotatable bonds is 1. The monoisotopic (exact) mass is 199 g/mol. The lowest BCUT2D eigenvalue weighted by Crippen LogP contribution is -2.41. The van der Waals surface area contributed by atoms with E-state index in [1.807, 2.05) is 6.08 Å². The van der Waals surface area contributed by atoms with Crippen LogP contribution in [-0.4, -0.2) is 0 Å². The molecular formula is C14H17N. The predicted molar refractivity (Wildman–Crippen MR) is 64.5 cm³/mol. The fourth-order valence-electron chi connectivity index (χ4n) is 2.15. The van der Waals surface area contributed by atoms with Gasteiger partial charge in [-0.25, -0.2) is 0 Å². The second-order valence-electron chi connectivity index (χ2n) is 4.28. The van der Waals surface area contributed by atoms with Gasteiger partial charge in [0.15, 0.2) is 0 Å². The van der Waals surface area contributed by atoms with E-state index < -0.39 is 0 Å². The standard InChI is InChI=1S/C14H17N/c1-11-7-3-4-9-13(11)14(15)10-6-5-8-12(14)2/h3-10,12H,15H2,1-2H3. The van der Waals surface area contributed by atoms with Crippen molar-refractivity contribution in [3.8, 4) is 0 Å². The van der Waals surface area contributed by atoms with Crippen molar-refractivity contribution in [3.05, 3.63) is 59.7 Å². The van der Waals surface area contributed by atoms with Gasteiger partial charge in [-0.1, -0.05) is 55.5 Å². The van der Waals surface area contributed by atoms with Crippen molar-refractivity contribution in [1.29, 1.82) is 0 Å². The summed E-state index contributed by atoms with van der Waals surface area (Å²) in [6.07, 6.45) is 8.35. The molecule has 1 aliphatic rings. The van der Waals surface area contributed by atoms with Gasteiger partial charge in [-0.2, -0.15) is 0 Å². The predicted octanol–water partition coefficient (Wildman–Crippen LogP) is 2.91. The molecule has 1 nitrogen and oxygen atoms in total. The molecule has 0 aliphatic heterocycles. The van der Waals surface area contributed by atoms with Crippen LogP contribution in [0.25, 0.3) is 0 Å². The molecule has 2 rings (SSSR count). The second kappa shape index (κ2) is 3.67. The number of nitrogens with two attached hydrogens (primary N) is 1. The van der Waals surface area contributed by atoms with Crippen molar-refractivity contribution in [1.82, 2.24) is 0 Å². The van der Waals surface area contributed by atoms with Gasteiger partial charge < -0.3 is 5.73 Å². The highest BCUT2D eigenvalue weighted by molar-refractivity contribution is 5.40. The molecule has 1 heteroatoms. The molecule has 0 saturated heterocycles. The maximum Gasteiger partial charge on any atom is 0.0661 e. The Morgan fingerprint density at radius 2 is 1.93 bits per heavy atom. The first-order chi connectivity index (χ1) is 7.14. The summed E-state index contributed by atoms with van der Waals surface area (Å²) in [7, 11) is 0. The molecule has 2 atom stereocenters. The number of benzene rings is 1. The van der Waals surface area contributed by atoms with Gasteiger partial charge in [0.1, 0.15) is 0 Å². The molecule has 1 aromatic rings. The lowest BCUT2D eigenvalue weighted by Gasteiger charge is -2.34. The summed E-state index contributed by atoms with van der Waals surface area (Å²) >= 11 is 0. The Balaban J connectivity index is 2.50. The minimum Gasteiger partial charge on any atom is -0.318 e. The molecule has 1 aliphatic carbocycles. The van der Waals surface area contributed by atoms with Crippen molar-refractivity contribution in [2.75, 3.05) is 0 Å². The van der Waals surface area contributed by atoms with Crippen LogP contribution in [0.1, 0.15) is 18.1 Å². The fraction of sp³-hybridized carbons (Fsp3) is 0.286. The van der Waals surface area contributed by atoms with Crippen LogP contribution in [0.15, 0.2) is 48.6 Å². The topological polar surface area (TPSA) is 26.0 Å². The van der Waals surface area contributed by atoms with E-state index in [1.54, 1.807) is 0 Å². The van der Waals surface area contributed by atoms with Crippen LogP contribution in [0.5, 0.6) is 0 Å². The number of allylic oxidation sites excluding steroid dienone is 2.